The standard InChI is InChI=1S/C16H17F2N/c1-3-15(12-6-4-11(2)5-7-12)19-16-9-8-13(17)10-14(16)18/h4-10,15,19H,3H2,1-2H3. The van der Waals surface area contributed by atoms with Gasteiger partial charge in [-0.25, -0.2) is 8.78 Å². The van der Waals surface area contributed by atoms with E-state index < -0.39 is 11.6 Å². The molecule has 0 aliphatic carbocycles. The Bertz CT molecular complexity index is 549. The molecule has 0 amide bonds. The molecular formula is C16H17F2N. The largest absolute Gasteiger partial charge is 0.376 e. The molecule has 0 saturated carbocycles. The van der Waals surface area contributed by atoms with Crippen LogP contribution in [0.15, 0.2) is 42.5 Å². The number of hydrogen-bond acceptors (Lipinski definition) is 1. The molecule has 2 aromatic rings. The first-order valence-corrected chi connectivity index (χ1v) is 6.38. The molecule has 0 aromatic heterocycles. The fourth-order valence-electron chi connectivity index (χ4n) is 2.01. The van der Waals surface area contributed by atoms with E-state index >= 15 is 0 Å². The summed E-state index contributed by atoms with van der Waals surface area (Å²) in [7, 11) is 0. The predicted molar refractivity (Wildman–Crippen MR) is 74.2 cm³/mol. The van der Waals surface area contributed by atoms with Crippen molar-refractivity contribution < 1.29 is 8.78 Å². The van der Waals surface area contributed by atoms with Gasteiger partial charge < -0.3 is 5.32 Å². The first kappa shape index (κ1) is 13.5. The van der Waals surface area contributed by atoms with Crippen molar-refractivity contribution >= 4 is 5.69 Å². The van der Waals surface area contributed by atoms with Crippen molar-refractivity contribution in [2.24, 2.45) is 0 Å². The maximum Gasteiger partial charge on any atom is 0.149 e. The quantitative estimate of drug-likeness (QED) is 0.830. The summed E-state index contributed by atoms with van der Waals surface area (Å²) in [4.78, 5) is 0. The van der Waals surface area contributed by atoms with Gasteiger partial charge in [0.25, 0.3) is 0 Å². The van der Waals surface area contributed by atoms with E-state index in [0.717, 1.165) is 18.1 Å². The number of anilines is 1. The van der Waals surface area contributed by atoms with Crippen LogP contribution < -0.4 is 5.32 Å². The van der Waals surface area contributed by atoms with Crippen LogP contribution in [-0.2, 0) is 0 Å². The van der Waals surface area contributed by atoms with Crippen LogP contribution in [0.25, 0.3) is 0 Å². The zero-order chi connectivity index (χ0) is 13.8. The number of hydrogen-bond donors (Lipinski definition) is 1. The molecule has 0 aliphatic rings. The zero-order valence-corrected chi connectivity index (χ0v) is 11.1. The SMILES string of the molecule is CCC(Nc1ccc(F)cc1F)c1ccc(C)cc1. The van der Waals surface area contributed by atoms with Crippen LogP contribution in [0.5, 0.6) is 0 Å². The average molecular weight is 261 g/mol. The van der Waals surface area contributed by atoms with Crippen molar-refractivity contribution in [3.8, 4) is 0 Å². The summed E-state index contributed by atoms with van der Waals surface area (Å²) in [5.41, 5.74) is 2.61. The van der Waals surface area contributed by atoms with Crippen LogP contribution in [0.3, 0.4) is 0 Å². The number of benzene rings is 2. The Kier molecular flexibility index (Phi) is 4.15. The number of nitrogens with one attached hydrogen (secondary N) is 1. The molecular weight excluding hydrogens is 244 g/mol. The van der Waals surface area contributed by atoms with Gasteiger partial charge in [0.1, 0.15) is 11.6 Å². The smallest absolute Gasteiger partial charge is 0.149 e. The first-order chi connectivity index (χ1) is 9.10. The number of rotatable bonds is 4. The summed E-state index contributed by atoms with van der Waals surface area (Å²) in [6.07, 6.45) is 0.819. The van der Waals surface area contributed by atoms with Crippen molar-refractivity contribution in [1.29, 1.82) is 0 Å². The molecule has 1 atom stereocenters. The minimum atomic E-state index is -0.564. The van der Waals surface area contributed by atoms with Gasteiger partial charge in [0.15, 0.2) is 0 Å². The van der Waals surface area contributed by atoms with Gasteiger partial charge in [0, 0.05) is 6.07 Å². The molecule has 0 heterocycles. The maximum atomic E-state index is 13.6. The fourth-order valence-corrected chi connectivity index (χ4v) is 2.01. The third-order valence-corrected chi connectivity index (χ3v) is 3.15. The minimum Gasteiger partial charge on any atom is -0.376 e. The lowest BCUT2D eigenvalue weighted by molar-refractivity contribution is 0.582. The fraction of sp³-hybridized carbons (Fsp3) is 0.250. The van der Waals surface area contributed by atoms with Gasteiger partial charge in [0.2, 0.25) is 0 Å². The monoisotopic (exact) mass is 261 g/mol. The highest BCUT2D eigenvalue weighted by atomic mass is 19.1. The van der Waals surface area contributed by atoms with Gasteiger partial charge in [-0.1, -0.05) is 36.8 Å². The molecule has 2 aromatic carbocycles. The predicted octanol–water partition coefficient (Wildman–Crippen LogP) is 4.84. The molecule has 0 aliphatic heterocycles. The molecule has 0 radical (unpaired) electrons. The van der Waals surface area contributed by atoms with Gasteiger partial charge in [-0.15, -0.1) is 0 Å². The van der Waals surface area contributed by atoms with E-state index in [0.29, 0.717) is 5.69 Å². The summed E-state index contributed by atoms with van der Waals surface area (Å²) in [6, 6.07) is 11.7. The van der Waals surface area contributed by atoms with E-state index in [1.54, 1.807) is 0 Å². The maximum absolute atomic E-state index is 13.6. The van der Waals surface area contributed by atoms with Gasteiger partial charge in [-0.3, -0.25) is 0 Å². The second kappa shape index (κ2) is 5.83. The van der Waals surface area contributed by atoms with Crippen LogP contribution >= 0.6 is 0 Å². The topological polar surface area (TPSA) is 12.0 Å². The second-order valence-corrected chi connectivity index (χ2v) is 4.64. The van der Waals surface area contributed by atoms with E-state index in [1.165, 1.54) is 17.7 Å². The highest BCUT2D eigenvalue weighted by molar-refractivity contribution is 5.47. The molecule has 19 heavy (non-hydrogen) atoms. The summed E-state index contributed by atoms with van der Waals surface area (Å²) >= 11 is 0. The lowest BCUT2D eigenvalue weighted by atomic mass is 10.0. The first-order valence-electron chi connectivity index (χ1n) is 6.38. The van der Waals surface area contributed by atoms with Crippen LogP contribution in [0.4, 0.5) is 14.5 Å². The van der Waals surface area contributed by atoms with Crippen molar-refractivity contribution in [3.63, 3.8) is 0 Å². The molecule has 0 spiro atoms. The van der Waals surface area contributed by atoms with E-state index in [-0.39, 0.29) is 6.04 Å². The van der Waals surface area contributed by atoms with E-state index in [4.69, 9.17) is 0 Å². The Labute approximate surface area is 112 Å². The molecule has 1 nitrogen and oxygen atoms in total. The number of halogens is 2. The average Bonchev–Trinajstić information content (AvgIpc) is 2.39. The summed E-state index contributed by atoms with van der Waals surface area (Å²) in [5, 5.41) is 3.12. The van der Waals surface area contributed by atoms with E-state index in [1.807, 2.05) is 38.1 Å². The summed E-state index contributed by atoms with van der Waals surface area (Å²) in [5.74, 6) is -1.13. The van der Waals surface area contributed by atoms with Gasteiger partial charge in [-0.05, 0) is 31.0 Å². The third-order valence-electron chi connectivity index (χ3n) is 3.15. The summed E-state index contributed by atoms with van der Waals surface area (Å²) < 4.78 is 26.5. The molecule has 3 heteroatoms. The molecule has 100 valence electrons. The third kappa shape index (κ3) is 3.31. The van der Waals surface area contributed by atoms with Crippen molar-refractivity contribution in [2.75, 3.05) is 5.32 Å². The Morgan fingerprint density at radius 3 is 2.32 bits per heavy atom. The molecule has 0 fully saturated rings. The second-order valence-electron chi connectivity index (χ2n) is 4.64. The molecule has 0 saturated heterocycles. The van der Waals surface area contributed by atoms with Gasteiger partial charge in [-0.2, -0.15) is 0 Å². The van der Waals surface area contributed by atoms with Crippen LogP contribution in [0.1, 0.15) is 30.5 Å². The molecule has 0 bridgehead atoms. The Morgan fingerprint density at radius 1 is 1.05 bits per heavy atom. The normalized spacial score (nSPS) is 12.2. The Morgan fingerprint density at radius 2 is 1.74 bits per heavy atom. The lowest BCUT2D eigenvalue weighted by Crippen LogP contribution is -2.10. The van der Waals surface area contributed by atoms with Crippen LogP contribution in [0, 0.1) is 18.6 Å². The van der Waals surface area contributed by atoms with Crippen molar-refractivity contribution in [3.05, 3.63) is 65.2 Å². The molecule has 1 unspecified atom stereocenters. The Hall–Kier alpha value is -1.90. The highest BCUT2D eigenvalue weighted by Crippen LogP contribution is 2.25. The molecule has 1 N–H and O–H groups in total. The van der Waals surface area contributed by atoms with E-state index in [2.05, 4.69) is 5.32 Å². The minimum absolute atomic E-state index is 0.0144. The highest BCUT2D eigenvalue weighted by Gasteiger charge is 2.11. The Balaban J connectivity index is 2.21. The van der Waals surface area contributed by atoms with Crippen LogP contribution in [0.2, 0.25) is 0 Å². The van der Waals surface area contributed by atoms with Gasteiger partial charge >= 0.3 is 0 Å². The van der Waals surface area contributed by atoms with Gasteiger partial charge in [0.05, 0.1) is 11.7 Å². The van der Waals surface area contributed by atoms with Crippen molar-refractivity contribution in [1.82, 2.24) is 0 Å². The number of aryl methyl sites for hydroxylation is 1. The zero-order valence-electron chi connectivity index (χ0n) is 11.1. The lowest BCUT2D eigenvalue weighted by Gasteiger charge is -2.19. The van der Waals surface area contributed by atoms with E-state index in [9.17, 15) is 8.78 Å². The summed E-state index contributed by atoms with van der Waals surface area (Å²) in [6.45, 7) is 4.05. The molecule has 2 rings (SSSR count). The van der Waals surface area contributed by atoms with Crippen molar-refractivity contribution in [2.45, 2.75) is 26.3 Å². The van der Waals surface area contributed by atoms with Crippen LogP contribution in [-0.4, -0.2) is 0 Å².